The zero-order valence-electron chi connectivity index (χ0n) is 10.9. The van der Waals surface area contributed by atoms with Crippen LogP contribution in [0.3, 0.4) is 0 Å². The number of nitrogen functional groups attached to an aromatic ring is 1. The lowest BCUT2D eigenvalue weighted by Crippen LogP contribution is -2.35. The maximum atomic E-state index is 12.4. The van der Waals surface area contributed by atoms with Crippen LogP contribution < -0.4 is 5.73 Å². The van der Waals surface area contributed by atoms with E-state index in [4.69, 9.17) is 5.73 Å². The molecule has 0 amide bonds. The molecule has 0 heterocycles. The SMILES string of the molecule is CCCC(C)N(C)S(=O)(=O)c1ccc(N)cc1Br. The van der Waals surface area contributed by atoms with Crippen LogP contribution in [0.15, 0.2) is 27.6 Å². The number of anilines is 1. The lowest BCUT2D eigenvalue weighted by Gasteiger charge is -2.24. The van der Waals surface area contributed by atoms with Gasteiger partial charge in [0, 0.05) is 23.2 Å². The Labute approximate surface area is 117 Å². The summed E-state index contributed by atoms with van der Waals surface area (Å²) < 4.78 is 26.8. The molecule has 102 valence electrons. The number of sulfonamides is 1. The fraction of sp³-hybridized carbons (Fsp3) is 0.500. The summed E-state index contributed by atoms with van der Waals surface area (Å²) in [5, 5.41) is 0. The maximum absolute atomic E-state index is 12.4. The Kier molecular flexibility index (Phi) is 5.19. The third-order valence-corrected chi connectivity index (χ3v) is 5.89. The summed E-state index contributed by atoms with van der Waals surface area (Å²) in [6, 6.07) is 4.70. The second kappa shape index (κ2) is 6.04. The molecule has 2 N–H and O–H groups in total. The maximum Gasteiger partial charge on any atom is 0.244 e. The highest BCUT2D eigenvalue weighted by atomic mass is 79.9. The molecule has 0 radical (unpaired) electrons. The van der Waals surface area contributed by atoms with Gasteiger partial charge in [-0.3, -0.25) is 0 Å². The zero-order valence-corrected chi connectivity index (χ0v) is 13.3. The number of benzene rings is 1. The van der Waals surface area contributed by atoms with Gasteiger partial charge in [-0.25, -0.2) is 8.42 Å². The highest BCUT2D eigenvalue weighted by molar-refractivity contribution is 9.10. The largest absolute Gasteiger partial charge is 0.399 e. The smallest absolute Gasteiger partial charge is 0.244 e. The van der Waals surface area contributed by atoms with E-state index in [-0.39, 0.29) is 10.9 Å². The highest BCUT2D eigenvalue weighted by Gasteiger charge is 2.26. The molecule has 1 atom stereocenters. The molecule has 0 aliphatic carbocycles. The van der Waals surface area contributed by atoms with Crippen LogP contribution in [0.2, 0.25) is 0 Å². The van der Waals surface area contributed by atoms with Crippen LogP contribution in [0.1, 0.15) is 26.7 Å². The van der Waals surface area contributed by atoms with Crippen LogP contribution in [-0.4, -0.2) is 25.8 Å². The third-order valence-electron chi connectivity index (χ3n) is 2.94. The summed E-state index contributed by atoms with van der Waals surface area (Å²) in [4.78, 5) is 0.252. The van der Waals surface area contributed by atoms with Gasteiger partial charge < -0.3 is 5.73 Å². The van der Waals surface area contributed by atoms with Gasteiger partial charge in [-0.1, -0.05) is 13.3 Å². The van der Waals surface area contributed by atoms with Crippen LogP contribution in [0.5, 0.6) is 0 Å². The van der Waals surface area contributed by atoms with Gasteiger partial charge in [0.15, 0.2) is 0 Å². The second-order valence-corrected chi connectivity index (χ2v) is 7.17. The lowest BCUT2D eigenvalue weighted by molar-refractivity contribution is 0.368. The Bertz CT molecular complexity index is 517. The quantitative estimate of drug-likeness (QED) is 0.842. The molecular formula is C12H19BrN2O2S. The molecule has 1 aromatic rings. The molecule has 0 aromatic heterocycles. The number of halogens is 1. The molecule has 0 bridgehead atoms. The van der Waals surface area contributed by atoms with E-state index in [1.165, 1.54) is 10.4 Å². The van der Waals surface area contributed by atoms with Crippen molar-refractivity contribution in [3.05, 3.63) is 22.7 Å². The normalized spacial score (nSPS) is 13.8. The van der Waals surface area contributed by atoms with Crippen molar-refractivity contribution in [2.24, 2.45) is 0 Å². The molecule has 1 rings (SSSR count). The first kappa shape index (κ1) is 15.5. The Morgan fingerprint density at radius 3 is 2.56 bits per heavy atom. The average Bonchev–Trinajstić information content (AvgIpc) is 2.27. The summed E-state index contributed by atoms with van der Waals surface area (Å²) in [7, 11) is -1.87. The van der Waals surface area contributed by atoms with Gasteiger partial charge in [-0.15, -0.1) is 0 Å². The Balaban J connectivity index is 3.13. The predicted octanol–water partition coefficient (Wildman–Crippen LogP) is 2.84. The minimum absolute atomic E-state index is 0.0237. The first-order chi connectivity index (χ1) is 8.30. The third kappa shape index (κ3) is 3.24. The molecule has 0 fully saturated rings. The van der Waals surface area contributed by atoms with Crippen molar-refractivity contribution < 1.29 is 8.42 Å². The van der Waals surface area contributed by atoms with E-state index in [1.807, 2.05) is 13.8 Å². The van der Waals surface area contributed by atoms with Crippen LogP contribution in [0, 0.1) is 0 Å². The summed E-state index contributed by atoms with van der Waals surface area (Å²) in [6.45, 7) is 3.95. The van der Waals surface area contributed by atoms with Crippen molar-refractivity contribution in [2.75, 3.05) is 12.8 Å². The molecule has 0 spiro atoms. The molecule has 0 saturated heterocycles. The molecule has 0 aliphatic rings. The predicted molar refractivity (Wildman–Crippen MR) is 77.9 cm³/mol. The number of nitrogens with zero attached hydrogens (tertiary/aromatic N) is 1. The van der Waals surface area contributed by atoms with E-state index in [9.17, 15) is 8.42 Å². The van der Waals surface area contributed by atoms with E-state index in [0.717, 1.165) is 12.8 Å². The van der Waals surface area contributed by atoms with Crippen LogP contribution >= 0.6 is 15.9 Å². The van der Waals surface area contributed by atoms with E-state index < -0.39 is 10.0 Å². The molecule has 6 heteroatoms. The van der Waals surface area contributed by atoms with Crippen LogP contribution in [0.4, 0.5) is 5.69 Å². The van der Waals surface area contributed by atoms with Gasteiger partial charge in [0.05, 0.1) is 4.90 Å². The van der Waals surface area contributed by atoms with Crippen molar-refractivity contribution in [3.8, 4) is 0 Å². The summed E-state index contributed by atoms with van der Waals surface area (Å²) in [5.41, 5.74) is 6.15. The van der Waals surface area contributed by atoms with Crippen LogP contribution in [-0.2, 0) is 10.0 Å². The second-order valence-electron chi connectivity index (χ2n) is 4.35. The lowest BCUT2D eigenvalue weighted by atomic mass is 10.2. The van der Waals surface area contributed by atoms with E-state index >= 15 is 0 Å². The summed E-state index contributed by atoms with van der Waals surface area (Å²) in [6.07, 6.45) is 1.78. The van der Waals surface area contributed by atoms with E-state index in [0.29, 0.717) is 10.2 Å². The first-order valence-electron chi connectivity index (χ1n) is 5.83. The van der Waals surface area contributed by atoms with Gasteiger partial charge in [0.25, 0.3) is 0 Å². The Hall–Kier alpha value is -0.590. The number of hydrogen-bond donors (Lipinski definition) is 1. The fourth-order valence-electron chi connectivity index (χ4n) is 1.72. The van der Waals surface area contributed by atoms with Crippen molar-refractivity contribution >= 4 is 31.6 Å². The molecule has 0 aliphatic heterocycles. The van der Waals surface area contributed by atoms with Gasteiger partial charge in [-0.05, 0) is 47.5 Å². The van der Waals surface area contributed by atoms with Crippen molar-refractivity contribution in [2.45, 2.75) is 37.6 Å². The molecule has 1 unspecified atom stereocenters. The van der Waals surface area contributed by atoms with Crippen molar-refractivity contribution in [1.29, 1.82) is 0 Å². The number of nitrogens with two attached hydrogens (primary N) is 1. The standard InChI is InChI=1S/C12H19BrN2O2S/c1-4-5-9(2)15(3)18(16,17)12-7-6-10(14)8-11(12)13/h6-9H,4-5,14H2,1-3H3. The fourth-order valence-corrected chi connectivity index (χ4v) is 4.16. The molecule has 1 aromatic carbocycles. The van der Waals surface area contributed by atoms with Gasteiger partial charge in [0.2, 0.25) is 10.0 Å². The molecular weight excluding hydrogens is 316 g/mol. The monoisotopic (exact) mass is 334 g/mol. The van der Waals surface area contributed by atoms with Crippen LogP contribution in [0.25, 0.3) is 0 Å². The Morgan fingerprint density at radius 1 is 1.44 bits per heavy atom. The van der Waals surface area contributed by atoms with E-state index in [2.05, 4.69) is 15.9 Å². The molecule has 0 saturated carbocycles. The van der Waals surface area contributed by atoms with Crippen molar-refractivity contribution in [1.82, 2.24) is 4.31 Å². The minimum atomic E-state index is -3.48. The summed E-state index contributed by atoms with van der Waals surface area (Å²) >= 11 is 3.25. The van der Waals surface area contributed by atoms with Gasteiger partial charge in [-0.2, -0.15) is 4.31 Å². The Morgan fingerprint density at radius 2 is 2.06 bits per heavy atom. The summed E-state index contributed by atoms with van der Waals surface area (Å²) in [5.74, 6) is 0. The zero-order chi connectivity index (χ0) is 13.9. The molecule has 18 heavy (non-hydrogen) atoms. The van der Waals surface area contributed by atoms with Gasteiger partial charge >= 0.3 is 0 Å². The van der Waals surface area contributed by atoms with Gasteiger partial charge in [0.1, 0.15) is 0 Å². The number of rotatable bonds is 5. The molecule has 4 nitrogen and oxygen atoms in total. The van der Waals surface area contributed by atoms with Crippen molar-refractivity contribution in [3.63, 3.8) is 0 Å². The van der Waals surface area contributed by atoms with E-state index in [1.54, 1.807) is 19.2 Å². The highest BCUT2D eigenvalue weighted by Crippen LogP contribution is 2.27. The average molecular weight is 335 g/mol. The minimum Gasteiger partial charge on any atom is -0.399 e. The number of hydrogen-bond acceptors (Lipinski definition) is 3. The topological polar surface area (TPSA) is 63.4 Å². The first-order valence-corrected chi connectivity index (χ1v) is 8.07.